The largest absolute Gasteiger partial charge is 0.389 e. The number of nitrogens with zero attached hydrogens (tertiary/aromatic N) is 1. The minimum absolute atomic E-state index is 0.106. The zero-order valence-corrected chi connectivity index (χ0v) is 13.6. The Labute approximate surface area is 131 Å². The summed E-state index contributed by atoms with van der Waals surface area (Å²) in [5.41, 5.74) is 6.95. The van der Waals surface area contributed by atoms with Crippen molar-refractivity contribution in [3.63, 3.8) is 0 Å². The maximum Gasteiger partial charge on any atom is 0.238 e. The van der Waals surface area contributed by atoms with E-state index >= 15 is 0 Å². The van der Waals surface area contributed by atoms with E-state index in [9.17, 15) is 4.79 Å². The molecule has 116 valence electrons. The maximum absolute atomic E-state index is 12.0. The van der Waals surface area contributed by atoms with Crippen molar-refractivity contribution in [3.05, 3.63) is 29.8 Å². The highest BCUT2D eigenvalue weighted by molar-refractivity contribution is 7.80. The van der Waals surface area contributed by atoms with Gasteiger partial charge in [0, 0.05) is 12.1 Å². The number of ether oxygens (including phenoxy) is 1. The van der Waals surface area contributed by atoms with Crippen LogP contribution in [0.5, 0.6) is 0 Å². The molecule has 0 spiro atoms. The average molecular weight is 309 g/mol. The summed E-state index contributed by atoms with van der Waals surface area (Å²) in [6, 6.07) is 7.24. The predicted molar refractivity (Wildman–Crippen MR) is 89.5 cm³/mol. The van der Waals surface area contributed by atoms with Gasteiger partial charge in [-0.2, -0.15) is 0 Å². The summed E-state index contributed by atoms with van der Waals surface area (Å²) in [6.45, 7) is 5.55. The van der Waals surface area contributed by atoms with Crippen molar-refractivity contribution in [2.75, 3.05) is 32.1 Å². The van der Waals surface area contributed by atoms with Gasteiger partial charge in [-0.05, 0) is 33.0 Å². The molecular weight excluding hydrogens is 286 g/mol. The molecule has 1 amide bonds. The first kappa shape index (κ1) is 17.6. The van der Waals surface area contributed by atoms with Crippen LogP contribution in [0.3, 0.4) is 0 Å². The second-order valence-electron chi connectivity index (χ2n) is 5.12. The number of hydrogen-bond donors (Lipinski definition) is 2. The lowest BCUT2D eigenvalue weighted by Gasteiger charge is -2.18. The number of carbonyl (C=O) groups is 1. The molecule has 0 saturated carbocycles. The Morgan fingerprint density at radius 2 is 2.10 bits per heavy atom. The first-order valence-electron chi connectivity index (χ1n) is 6.89. The molecule has 0 radical (unpaired) electrons. The van der Waals surface area contributed by atoms with Crippen LogP contribution in [0.2, 0.25) is 0 Å². The standard InChI is InChI=1S/C15H23N3O2S/c1-11(2)20-9-8-18(3)10-14(19)17-13-7-5-4-6-12(13)15(16)21/h4-7,11H,8-10H2,1-3H3,(H2,16,21)(H,17,19). The van der Waals surface area contributed by atoms with E-state index < -0.39 is 0 Å². The van der Waals surface area contributed by atoms with Gasteiger partial charge in [0.2, 0.25) is 5.91 Å². The van der Waals surface area contributed by atoms with E-state index in [-0.39, 0.29) is 23.5 Å². The highest BCUT2D eigenvalue weighted by atomic mass is 32.1. The summed E-state index contributed by atoms with van der Waals surface area (Å²) in [4.78, 5) is 14.2. The summed E-state index contributed by atoms with van der Waals surface area (Å²) in [7, 11) is 1.88. The van der Waals surface area contributed by atoms with Crippen LogP contribution in [-0.2, 0) is 9.53 Å². The first-order valence-corrected chi connectivity index (χ1v) is 7.29. The lowest BCUT2D eigenvalue weighted by molar-refractivity contribution is -0.117. The second kappa shape index (κ2) is 8.71. The van der Waals surface area contributed by atoms with E-state index in [4.69, 9.17) is 22.7 Å². The van der Waals surface area contributed by atoms with Gasteiger partial charge in [0.25, 0.3) is 0 Å². The third-order valence-electron chi connectivity index (χ3n) is 2.80. The van der Waals surface area contributed by atoms with E-state index in [2.05, 4.69) is 5.32 Å². The van der Waals surface area contributed by atoms with Crippen LogP contribution in [0.15, 0.2) is 24.3 Å². The molecule has 21 heavy (non-hydrogen) atoms. The molecule has 0 aliphatic rings. The molecule has 0 fully saturated rings. The number of carbonyl (C=O) groups excluding carboxylic acids is 1. The number of likely N-dealkylation sites (N-methyl/N-ethyl adjacent to an activating group) is 1. The van der Waals surface area contributed by atoms with E-state index in [1.807, 2.05) is 37.9 Å². The highest BCUT2D eigenvalue weighted by Crippen LogP contribution is 2.14. The number of nitrogens with one attached hydrogen (secondary N) is 1. The normalized spacial score (nSPS) is 10.9. The number of anilines is 1. The Morgan fingerprint density at radius 3 is 2.71 bits per heavy atom. The Balaban J connectivity index is 2.48. The zero-order valence-electron chi connectivity index (χ0n) is 12.8. The Bertz CT molecular complexity index is 492. The minimum atomic E-state index is -0.106. The first-order chi connectivity index (χ1) is 9.90. The summed E-state index contributed by atoms with van der Waals surface area (Å²) in [5, 5.41) is 2.83. The van der Waals surface area contributed by atoms with Crippen LogP contribution in [0.1, 0.15) is 19.4 Å². The van der Waals surface area contributed by atoms with Gasteiger partial charge < -0.3 is 15.8 Å². The molecule has 1 rings (SSSR count). The lowest BCUT2D eigenvalue weighted by atomic mass is 10.2. The fourth-order valence-electron chi connectivity index (χ4n) is 1.77. The lowest BCUT2D eigenvalue weighted by Crippen LogP contribution is -2.33. The number of thiocarbonyl (C=S) groups is 1. The monoisotopic (exact) mass is 309 g/mol. The summed E-state index contributed by atoms with van der Waals surface area (Å²) in [6.07, 6.45) is 0.199. The number of benzene rings is 1. The SMILES string of the molecule is CC(C)OCCN(C)CC(=O)Nc1ccccc1C(N)=S. The van der Waals surface area contributed by atoms with Crippen molar-refractivity contribution >= 4 is 28.8 Å². The Kier molecular flexibility index (Phi) is 7.28. The van der Waals surface area contributed by atoms with E-state index in [0.29, 0.717) is 24.4 Å². The quantitative estimate of drug-likeness (QED) is 0.714. The molecular formula is C15H23N3O2S. The van der Waals surface area contributed by atoms with Crippen LogP contribution in [0.4, 0.5) is 5.69 Å². The topological polar surface area (TPSA) is 67.6 Å². The van der Waals surface area contributed by atoms with Gasteiger partial charge in [-0.25, -0.2) is 0 Å². The molecule has 0 aromatic heterocycles. The highest BCUT2D eigenvalue weighted by Gasteiger charge is 2.10. The number of nitrogens with two attached hydrogens (primary N) is 1. The van der Waals surface area contributed by atoms with Crippen LogP contribution in [0, 0.1) is 0 Å². The minimum Gasteiger partial charge on any atom is -0.389 e. The summed E-state index contributed by atoms with van der Waals surface area (Å²) >= 11 is 4.97. The molecule has 0 saturated heterocycles. The molecule has 0 atom stereocenters. The Hall–Kier alpha value is -1.50. The maximum atomic E-state index is 12.0. The number of para-hydroxylation sites is 1. The van der Waals surface area contributed by atoms with Gasteiger partial charge >= 0.3 is 0 Å². The molecule has 5 nitrogen and oxygen atoms in total. The Morgan fingerprint density at radius 1 is 1.43 bits per heavy atom. The van der Waals surface area contributed by atoms with Crippen molar-refractivity contribution in [3.8, 4) is 0 Å². The molecule has 0 aliphatic carbocycles. The molecule has 0 bridgehead atoms. The van der Waals surface area contributed by atoms with Gasteiger partial charge in [0.1, 0.15) is 4.99 Å². The molecule has 0 unspecified atom stereocenters. The van der Waals surface area contributed by atoms with Crippen molar-refractivity contribution < 1.29 is 9.53 Å². The molecule has 0 heterocycles. The van der Waals surface area contributed by atoms with E-state index in [1.54, 1.807) is 12.1 Å². The number of hydrogen-bond acceptors (Lipinski definition) is 4. The van der Waals surface area contributed by atoms with Gasteiger partial charge in [-0.1, -0.05) is 24.4 Å². The van der Waals surface area contributed by atoms with Gasteiger partial charge in [-0.3, -0.25) is 9.69 Å². The molecule has 0 aliphatic heterocycles. The van der Waals surface area contributed by atoms with Gasteiger partial charge in [0.05, 0.1) is 24.9 Å². The van der Waals surface area contributed by atoms with Crippen LogP contribution < -0.4 is 11.1 Å². The molecule has 6 heteroatoms. The van der Waals surface area contributed by atoms with Gasteiger partial charge in [0.15, 0.2) is 0 Å². The number of rotatable bonds is 8. The van der Waals surface area contributed by atoms with Crippen LogP contribution in [-0.4, -0.2) is 48.6 Å². The average Bonchev–Trinajstić information content (AvgIpc) is 2.38. The third kappa shape index (κ3) is 6.66. The van der Waals surface area contributed by atoms with Crippen molar-refractivity contribution in [1.82, 2.24) is 4.90 Å². The summed E-state index contributed by atoms with van der Waals surface area (Å²) < 4.78 is 5.46. The van der Waals surface area contributed by atoms with E-state index in [0.717, 1.165) is 0 Å². The molecule has 1 aromatic rings. The van der Waals surface area contributed by atoms with Crippen molar-refractivity contribution in [2.24, 2.45) is 5.73 Å². The van der Waals surface area contributed by atoms with Crippen molar-refractivity contribution in [2.45, 2.75) is 20.0 Å². The number of amides is 1. The predicted octanol–water partition coefficient (Wildman–Crippen LogP) is 1.62. The third-order valence-corrected chi connectivity index (χ3v) is 3.02. The van der Waals surface area contributed by atoms with E-state index in [1.165, 1.54) is 0 Å². The van der Waals surface area contributed by atoms with Crippen LogP contribution >= 0.6 is 12.2 Å². The fourth-order valence-corrected chi connectivity index (χ4v) is 1.94. The van der Waals surface area contributed by atoms with Crippen LogP contribution in [0.25, 0.3) is 0 Å². The summed E-state index contributed by atoms with van der Waals surface area (Å²) in [5.74, 6) is -0.106. The van der Waals surface area contributed by atoms with Crippen molar-refractivity contribution in [1.29, 1.82) is 0 Å². The second-order valence-corrected chi connectivity index (χ2v) is 5.56. The van der Waals surface area contributed by atoms with Gasteiger partial charge in [-0.15, -0.1) is 0 Å². The molecule has 1 aromatic carbocycles. The fraction of sp³-hybridized carbons (Fsp3) is 0.467. The smallest absolute Gasteiger partial charge is 0.238 e. The molecule has 3 N–H and O–H groups in total. The zero-order chi connectivity index (χ0) is 15.8.